The van der Waals surface area contributed by atoms with Crippen LogP contribution in [-0.4, -0.2) is 5.60 Å². The molecule has 114 valence electrons. The molecular formula is C20H22O2. The second-order valence-electron chi connectivity index (χ2n) is 6.99. The van der Waals surface area contributed by atoms with Crippen LogP contribution in [0.2, 0.25) is 0 Å². The third-order valence-electron chi connectivity index (χ3n) is 5.17. The van der Waals surface area contributed by atoms with E-state index in [0.29, 0.717) is 5.92 Å². The van der Waals surface area contributed by atoms with Crippen LogP contribution in [0.3, 0.4) is 0 Å². The van der Waals surface area contributed by atoms with E-state index in [2.05, 4.69) is 63.2 Å². The Morgan fingerprint density at radius 1 is 0.955 bits per heavy atom. The zero-order valence-electron chi connectivity index (χ0n) is 13.4. The minimum Gasteiger partial charge on any atom is -0.487 e. The second kappa shape index (κ2) is 4.85. The van der Waals surface area contributed by atoms with Crippen molar-refractivity contribution in [1.82, 2.24) is 0 Å². The van der Waals surface area contributed by atoms with E-state index in [9.17, 15) is 0 Å². The molecule has 0 aromatic heterocycles. The third kappa shape index (κ3) is 2.05. The molecule has 0 unspecified atom stereocenters. The molecule has 22 heavy (non-hydrogen) atoms. The van der Waals surface area contributed by atoms with Gasteiger partial charge in [-0.15, -0.1) is 0 Å². The summed E-state index contributed by atoms with van der Waals surface area (Å²) in [5.41, 5.74) is 3.61. The van der Waals surface area contributed by atoms with Crippen molar-refractivity contribution in [1.29, 1.82) is 0 Å². The van der Waals surface area contributed by atoms with Crippen molar-refractivity contribution in [3.8, 4) is 5.75 Å². The van der Waals surface area contributed by atoms with Crippen molar-refractivity contribution in [2.75, 3.05) is 0 Å². The molecule has 2 aromatic carbocycles. The Balaban J connectivity index is 1.74. The summed E-state index contributed by atoms with van der Waals surface area (Å²) in [6, 6.07) is 16.8. The van der Waals surface area contributed by atoms with Gasteiger partial charge in [0.2, 0.25) is 0 Å². The Bertz CT molecular complexity index is 704. The van der Waals surface area contributed by atoms with Crippen LogP contribution in [0.1, 0.15) is 49.2 Å². The molecule has 0 spiro atoms. The van der Waals surface area contributed by atoms with Crippen LogP contribution in [0, 0.1) is 12.8 Å². The highest BCUT2D eigenvalue weighted by molar-refractivity contribution is 5.40. The average Bonchev–Trinajstić information content (AvgIpc) is 2.94. The largest absolute Gasteiger partial charge is 0.487 e. The first kappa shape index (κ1) is 13.8. The molecule has 4 rings (SSSR count). The first-order valence-electron chi connectivity index (χ1n) is 8.05. The van der Waals surface area contributed by atoms with E-state index in [0.717, 1.165) is 12.2 Å². The highest BCUT2D eigenvalue weighted by Gasteiger charge is 2.50. The molecule has 0 amide bonds. The molecule has 0 radical (unpaired) electrons. The molecule has 1 saturated heterocycles. The van der Waals surface area contributed by atoms with Crippen molar-refractivity contribution in [2.24, 2.45) is 5.92 Å². The number of para-hydroxylation sites is 1. The van der Waals surface area contributed by atoms with Crippen LogP contribution in [-0.2, 0) is 4.74 Å². The van der Waals surface area contributed by atoms with Gasteiger partial charge in [-0.1, -0.05) is 42.5 Å². The van der Waals surface area contributed by atoms with Gasteiger partial charge in [0.25, 0.3) is 0 Å². The van der Waals surface area contributed by atoms with Crippen LogP contribution in [0.15, 0.2) is 48.5 Å². The molecule has 0 saturated carbocycles. The molecule has 0 aliphatic carbocycles. The summed E-state index contributed by atoms with van der Waals surface area (Å²) in [7, 11) is 0. The summed E-state index contributed by atoms with van der Waals surface area (Å²) in [6.45, 7) is 6.53. The highest BCUT2D eigenvalue weighted by atomic mass is 16.5. The van der Waals surface area contributed by atoms with Gasteiger partial charge in [-0.3, -0.25) is 0 Å². The van der Waals surface area contributed by atoms with Gasteiger partial charge in [0.15, 0.2) is 0 Å². The van der Waals surface area contributed by atoms with E-state index >= 15 is 0 Å². The molecule has 2 aliphatic heterocycles. The number of aryl methyl sites for hydroxylation is 1. The summed E-state index contributed by atoms with van der Waals surface area (Å²) in [5, 5.41) is 0. The van der Waals surface area contributed by atoms with Gasteiger partial charge in [-0.25, -0.2) is 0 Å². The van der Waals surface area contributed by atoms with Crippen molar-refractivity contribution < 1.29 is 9.47 Å². The normalized spacial score (nSPS) is 28.6. The Morgan fingerprint density at radius 3 is 2.41 bits per heavy atom. The fraction of sp³-hybridized carbons (Fsp3) is 0.400. The standard InChI is InChI=1S/C20H22O2/c1-13-8-4-5-9-14(13)18-12-16-19(21-18)15-10-6-7-11-17(15)22-20(16,2)3/h4-11,16,18-19H,12H2,1-3H3/t16-,18+,19+/m0/s1. The minimum absolute atomic E-state index is 0.129. The number of fused-ring (bicyclic) bond motifs is 3. The molecule has 1 fully saturated rings. The molecule has 2 heteroatoms. The van der Waals surface area contributed by atoms with Crippen LogP contribution in [0.25, 0.3) is 0 Å². The maximum absolute atomic E-state index is 6.51. The summed E-state index contributed by atoms with van der Waals surface area (Å²) >= 11 is 0. The second-order valence-corrected chi connectivity index (χ2v) is 6.99. The molecule has 2 heterocycles. The summed E-state index contributed by atoms with van der Waals surface area (Å²) in [4.78, 5) is 0. The Morgan fingerprint density at radius 2 is 1.64 bits per heavy atom. The van der Waals surface area contributed by atoms with E-state index < -0.39 is 0 Å². The number of benzene rings is 2. The van der Waals surface area contributed by atoms with Gasteiger partial charge in [0.1, 0.15) is 11.4 Å². The Labute approximate surface area is 132 Å². The SMILES string of the molecule is Cc1ccccc1[C@H]1C[C@H]2[C@H](O1)c1ccccc1OC2(C)C. The van der Waals surface area contributed by atoms with Crippen LogP contribution < -0.4 is 4.74 Å². The van der Waals surface area contributed by atoms with E-state index in [1.54, 1.807) is 0 Å². The maximum atomic E-state index is 6.51. The summed E-state index contributed by atoms with van der Waals surface area (Å²) < 4.78 is 12.8. The Hall–Kier alpha value is -1.80. The van der Waals surface area contributed by atoms with E-state index in [1.807, 2.05) is 6.07 Å². The fourth-order valence-electron chi connectivity index (χ4n) is 3.94. The third-order valence-corrected chi connectivity index (χ3v) is 5.17. The fourth-order valence-corrected chi connectivity index (χ4v) is 3.94. The first-order valence-corrected chi connectivity index (χ1v) is 8.05. The van der Waals surface area contributed by atoms with Gasteiger partial charge in [-0.2, -0.15) is 0 Å². The minimum atomic E-state index is -0.198. The zero-order chi connectivity index (χ0) is 15.3. The number of rotatable bonds is 1. The lowest BCUT2D eigenvalue weighted by molar-refractivity contribution is -0.0422. The molecule has 2 aromatic rings. The van der Waals surface area contributed by atoms with E-state index in [4.69, 9.17) is 9.47 Å². The topological polar surface area (TPSA) is 18.5 Å². The summed E-state index contributed by atoms with van der Waals surface area (Å²) in [5.74, 6) is 1.35. The van der Waals surface area contributed by atoms with Crippen molar-refractivity contribution in [2.45, 2.75) is 45.0 Å². The van der Waals surface area contributed by atoms with Gasteiger partial charge < -0.3 is 9.47 Å². The zero-order valence-corrected chi connectivity index (χ0v) is 13.4. The highest BCUT2D eigenvalue weighted by Crippen LogP contribution is 2.55. The lowest BCUT2D eigenvalue weighted by Crippen LogP contribution is -2.42. The first-order chi connectivity index (χ1) is 10.6. The van der Waals surface area contributed by atoms with Gasteiger partial charge in [-0.05, 0) is 44.4 Å². The quantitative estimate of drug-likeness (QED) is 0.738. The van der Waals surface area contributed by atoms with Crippen molar-refractivity contribution in [3.05, 3.63) is 65.2 Å². The maximum Gasteiger partial charge on any atom is 0.125 e. The number of hydrogen-bond acceptors (Lipinski definition) is 2. The van der Waals surface area contributed by atoms with E-state index in [-0.39, 0.29) is 17.8 Å². The van der Waals surface area contributed by atoms with Crippen LogP contribution >= 0.6 is 0 Å². The van der Waals surface area contributed by atoms with Gasteiger partial charge >= 0.3 is 0 Å². The number of hydrogen-bond donors (Lipinski definition) is 0. The predicted octanol–water partition coefficient (Wildman–Crippen LogP) is 4.98. The lowest BCUT2D eigenvalue weighted by Gasteiger charge is -2.40. The molecule has 0 bridgehead atoms. The Kier molecular flexibility index (Phi) is 3.05. The average molecular weight is 294 g/mol. The predicted molar refractivity (Wildman–Crippen MR) is 87.0 cm³/mol. The van der Waals surface area contributed by atoms with Crippen molar-refractivity contribution >= 4 is 0 Å². The molecule has 2 aliphatic rings. The van der Waals surface area contributed by atoms with E-state index in [1.165, 1.54) is 16.7 Å². The van der Waals surface area contributed by atoms with Gasteiger partial charge in [0, 0.05) is 11.5 Å². The van der Waals surface area contributed by atoms with Crippen LogP contribution in [0.5, 0.6) is 5.75 Å². The molecule has 0 N–H and O–H groups in total. The molecule has 2 nitrogen and oxygen atoms in total. The summed E-state index contributed by atoms with van der Waals surface area (Å²) in [6.07, 6.45) is 1.30. The smallest absolute Gasteiger partial charge is 0.125 e. The molecule has 3 atom stereocenters. The number of ether oxygens (including phenoxy) is 2. The lowest BCUT2D eigenvalue weighted by atomic mass is 9.78. The van der Waals surface area contributed by atoms with Gasteiger partial charge in [0.05, 0.1) is 12.2 Å². The van der Waals surface area contributed by atoms with Crippen molar-refractivity contribution in [3.63, 3.8) is 0 Å². The molecular weight excluding hydrogens is 272 g/mol. The van der Waals surface area contributed by atoms with Crippen LogP contribution in [0.4, 0.5) is 0 Å². The monoisotopic (exact) mass is 294 g/mol.